The first kappa shape index (κ1) is 17.8. The third kappa shape index (κ3) is 3.39. The van der Waals surface area contributed by atoms with Crippen LogP contribution in [-0.2, 0) is 4.79 Å². The maximum absolute atomic E-state index is 12.7. The second kappa shape index (κ2) is 7.09. The maximum atomic E-state index is 12.7. The van der Waals surface area contributed by atoms with Crippen LogP contribution >= 0.6 is 11.6 Å². The number of anilines is 1. The van der Waals surface area contributed by atoms with Crippen LogP contribution in [0.15, 0.2) is 18.2 Å². The molecule has 25 heavy (non-hydrogen) atoms. The molecule has 0 bridgehead atoms. The lowest BCUT2D eigenvalue weighted by molar-refractivity contribution is -0.125. The van der Waals surface area contributed by atoms with Gasteiger partial charge in [0.05, 0.1) is 16.1 Å². The molecule has 1 amide bonds. The van der Waals surface area contributed by atoms with Crippen molar-refractivity contribution in [3.63, 3.8) is 0 Å². The van der Waals surface area contributed by atoms with Crippen molar-refractivity contribution in [3.05, 3.63) is 29.0 Å². The van der Waals surface area contributed by atoms with Crippen LogP contribution in [0.2, 0.25) is 5.02 Å². The molecule has 1 aromatic carbocycles. The van der Waals surface area contributed by atoms with E-state index in [0.717, 1.165) is 18.7 Å². The summed E-state index contributed by atoms with van der Waals surface area (Å²) >= 11 is 6.34. The van der Waals surface area contributed by atoms with Gasteiger partial charge in [-0.15, -0.1) is 5.10 Å². The van der Waals surface area contributed by atoms with Gasteiger partial charge in [0.2, 0.25) is 5.91 Å². The van der Waals surface area contributed by atoms with Crippen molar-refractivity contribution in [1.29, 1.82) is 0 Å². The minimum Gasteiger partial charge on any atom is -0.329 e. The van der Waals surface area contributed by atoms with Gasteiger partial charge in [-0.05, 0) is 54.3 Å². The Morgan fingerprint density at radius 3 is 2.72 bits per heavy atom. The van der Waals surface area contributed by atoms with Crippen LogP contribution in [0.3, 0.4) is 0 Å². The molecule has 1 fully saturated rings. The molecule has 0 aliphatic heterocycles. The van der Waals surface area contributed by atoms with E-state index in [0.29, 0.717) is 41.7 Å². The van der Waals surface area contributed by atoms with E-state index in [1.807, 2.05) is 13.8 Å². The van der Waals surface area contributed by atoms with Gasteiger partial charge in [0, 0.05) is 18.2 Å². The summed E-state index contributed by atoms with van der Waals surface area (Å²) in [7, 11) is 0. The molecule has 1 aromatic heterocycles. The molecule has 1 aliphatic rings. The van der Waals surface area contributed by atoms with E-state index in [4.69, 9.17) is 17.3 Å². The molecule has 2 aromatic rings. The van der Waals surface area contributed by atoms with E-state index in [-0.39, 0.29) is 5.91 Å². The fraction of sp³-hybridized carbons (Fsp3) is 0.529. The summed E-state index contributed by atoms with van der Waals surface area (Å²) in [6.45, 7) is 4.27. The average Bonchev–Trinajstić information content (AvgIpc) is 3.36. The highest BCUT2D eigenvalue weighted by atomic mass is 35.5. The molecule has 8 heteroatoms. The van der Waals surface area contributed by atoms with Crippen molar-refractivity contribution in [3.8, 4) is 5.69 Å². The lowest BCUT2D eigenvalue weighted by atomic mass is 9.81. The summed E-state index contributed by atoms with van der Waals surface area (Å²) < 4.78 is 1.66. The van der Waals surface area contributed by atoms with Gasteiger partial charge >= 0.3 is 0 Å². The van der Waals surface area contributed by atoms with Crippen LogP contribution in [0.25, 0.3) is 5.69 Å². The number of benzene rings is 1. The molecule has 134 valence electrons. The predicted octanol–water partition coefficient (Wildman–Crippen LogP) is 2.90. The molecule has 7 nitrogen and oxygen atoms in total. The Morgan fingerprint density at radius 1 is 1.40 bits per heavy atom. The number of aromatic nitrogens is 4. The highest BCUT2D eigenvalue weighted by Crippen LogP contribution is 2.40. The van der Waals surface area contributed by atoms with Crippen LogP contribution in [-0.4, -0.2) is 32.7 Å². The number of nitrogens with zero attached hydrogens (tertiary/aromatic N) is 4. The van der Waals surface area contributed by atoms with Crippen molar-refractivity contribution < 1.29 is 4.79 Å². The first-order chi connectivity index (χ1) is 12.0. The molecule has 0 radical (unpaired) electrons. The Balaban J connectivity index is 1.89. The third-order valence-electron chi connectivity index (χ3n) is 5.09. The van der Waals surface area contributed by atoms with Crippen LogP contribution < -0.4 is 11.1 Å². The number of rotatable bonds is 7. The fourth-order valence-electron chi connectivity index (χ4n) is 2.93. The number of nitrogens with two attached hydrogens (primary N) is 1. The van der Waals surface area contributed by atoms with Gasteiger partial charge in [-0.1, -0.05) is 25.4 Å². The second-order valence-electron chi connectivity index (χ2n) is 6.54. The molecule has 3 N–H and O–H groups in total. The fourth-order valence-corrected chi connectivity index (χ4v) is 3.13. The summed E-state index contributed by atoms with van der Waals surface area (Å²) in [6.07, 6.45) is 3.54. The molecule has 1 saturated carbocycles. The van der Waals surface area contributed by atoms with Crippen molar-refractivity contribution in [2.45, 2.75) is 45.4 Å². The standard InChI is InChI=1S/C17H23ClN6O/c1-3-17(4-2,10-19)16(25)20-12-7-8-13(18)14(9-12)24-15(11-5-6-11)21-22-23-24/h7-9,11H,3-6,10,19H2,1-2H3,(H,20,25). The van der Waals surface area contributed by atoms with Gasteiger partial charge in [0.15, 0.2) is 5.82 Å². The van der Waals surface area contributed by atoms with Gasteiger partial charge in [0.1, 0.15) is 0 Å². The van der Waals surface area contributed by atoms with Crippen LogP contribution in [0, 0.1) is 5.41 Å². The molecule has 0 unspecified atom stereocenters. The lowest BCUT2D eigenvalue weighted by Gasteiger charge is -2.28. The van der Waals surface area contributed by atoms with Crippen molar-refractivity contribution in [1.82, 2.24) is 20.2 Å². The first-order valence-electron chi connectivity index (χ1n) is 8.64. The van der Waals surface area contributed by atoms with E-state index in [1.165, 1.54) is 0 Å². The van der Waals surface area contributed by atoms with E-state index in [2.05, 4.69) is 20.8 Å². The van der Waals surface area contributed by atoms with E-state index < -0.39 is 5.41 Å². The summed E-state index contributed by atoms with van der Waals surface area (Å²) in [6, 6.07) is 5.32. The van der Waals surface area contributed by atoms with Crippen molar-refractivity contribution >= 4 is 23.2 Å². The topological polar surface area (TPSA) is 98.7 Å². The second-order valence-corrected chi connectivity index (χ2v) is 6.94. The van der Waals surface area contributed by atoms with Crippen LogP contribution in [0.1, 0.15) is 51.3 Å². The number of carbonyl (C=O) groups excluding carboxylic acids is 1. The molecular weight excluding hydrogens is 340 g/mol. The minimum absolute atomic E-state index is 0.0765. The molecule has 1 heterocycles. The van der Waals surface area contributed by atoms with Crippen molar-refractivity contribution in [2.24, 2.45) is 11.1 Å². The summed E-state index contributed by atoms with van der Waals surface area (Å²) in [5, 5.41) is 15.4. The highest BCUT2D eigenvalue weighted by Gasteiger charge is 2.34. The Bertz CT molecular complexity index is 758. The van der Waals surface area contributed by atoms with E-state index in [9.17, 15) is 4.79 Å². The Morgan fingerprint density at radius 2 is 2.12 bits per heavy atom. The maximum Gasteiger partial charge on any atom is 0.231 e. The number of nitrogens with one attached hydrogen (secondary N) is 1. The minimum atomic E-state index is -0.562. The SMILES string of the molecule is CCC(CC)(CN)C(=O)Nc1ccc(Cl)c(-n2nnnc2C2CC2)c1. The molecular formula is C17H23ClN6O. The largest absolute Gasteiger partial charge is 0.329 e. The average molecular weight is 363 g/mol. The van der Waals surface area contributed by atoms with Gasteiger partial charge in [0.25, 0.3) is 0 Å². The van der Waals surface area contributed by atoms with Gasteiger partial charge in [-0.25, -0.2) is 0 Å². The Kier molecular flexibility index (Phi) is 5.06. The first-order valence-corrected chi connectivity index (χ1v) is 9.02. The van der Waals surface area contributed by atoms with Crippen LogP contribution in [0.4, 0.5) is 5.69 Å². The highest BCUT2D eigenvalue weighted by molar-refractivity contribution is 6.32. The molecule has 1 aliphatic carbocycles. The summed E-state index contributed by atoms with van der Waals surface area (Å²) in [5.74, 6) is 1.12. The number of carbonyl (C=O) groups is 1. The number of hydrogen-bond acceptors (Lipinski definition) is 5. The Hall–Kier alpha value is -1.99. The lowest BCUT2D eigenvalue weighted by Crippen LogP contribution is -2.41. The normalized spacial score (nSPS) is 14.6. The van der Waals surface area contributed by atoms with Crippen LogP contribution in [0.5, 0.6) is 0 Å². The van der Waals surface area contributed by atoms with Gasteiger partial charge < -0.3 is 11.1 Å². The monoisotopic (exact) mass is 362 g/mol. The van der Waals surface area contributed by atoms with Gasteiger partial charge in [-0.2, -0.15) is 4.68 Å². The van der Waals surface area contributed by atoms with Gasteiger partial charge in [-0.3, -0.25) is 4.79 Å². The molecule has 0 saturated heterocycles. The summed E-state index contributed by atoms with van der Waals surface area (Å²) in [5.41, 5.74) is 6.62. The molecule has 0 spiro atoms. The smallest absolute Gasteiger partial charge is 0.231 e. The summed E-state index contributed by atoms with van der Waals surface area (Å²) in [4.78, 5) is 12.7. The molecule has 3 rings (SSSR count). The zero-order chi connectivity index (χ0) is 18.0. The number of halogens is 1. The van der Waals surface area contributed by atoms with E-state index in [1.54, 1.807) is 22.9 Å². The zero-order valence-electron chi connectivity index (χ0n) is 14.5. The Labute approximate surface area is 151 Å². The van der Waals surface area contributed by atoms with E-state index >= 15 is 0 Å². The number of tetrazole rings is 1. The zero-order valence-corrected chi connectivity index (χ0v) is 15.3. The third-order valence-corrected chi connectivity index (χ3v) is 5.41. The van der Waals surface area contributed by atoms with Crippen molar-refractivity contribution in [2.75, 3.05) is 11.9 Å². The molecule has 0 atom stereocenters. The quantitative estimate of drug-likeness (QED) is 0.789. The number of hydrogen-bond donors (Lipinski definition) is 2. The predicted molar refractivity (Wildman–Crippen MR) is 96.8 cm³/mol. The number of amides is 1.